The predicted molar refractivity (Wildman–Crippen MR) is 90.7 cm³/mol. The summed E-state index contributed by atoms with van der Waals surface area (Å²) >= 11 is 6.05. The lowest BCUT2D eigenvalue weighted by molar-refractivity contribution is -0.121. The Bertz CT molecular complexity index is 658. The fraction of sp³-hybridized carbons (Fsp3) is 0.278. The number of halogens is 1. The summed E-state index contributed by atoms with van der Waals surface area (Å²) in [5, 5.41) is 13.7. The molecule has 23 heavy (non-hydrogen) atoms. The molecule has 2 unspecified atom stereocenters. The minimum Gasteiger partial charge on any atom is -0.497 e. The van der Waals surface area contributed by atoms with Crippen LogP contribution in [0.3, 0.4) is 0 Å². The first-order valence-corrected chi connectivity index (χ1v) is 7.74. The summed E-state index contributed by atoms with van der Waals surface area (Å²) in [6.07, 6.45) is -0.615. The van der Waals surface area contributed by atoms with Crippen molar-refractivity contribution < 1.29 is 14.6 Å². The molecule has 2 N–H and O–H groups in total. The van der Waals surface area contributed by atoms with Gasteiger partial charge in [-0.15, -0.1) is 0 Å². The van der Waals surface area contributed by atoms with Crippen LogP contribution in [0.4, 0.5) is 0 Å². The second kappa shape index (κ2) is 7.99. The van der Waals surface area contributed by atoms with E-state index in [0.29, 0.717) is 5.02 Å². The van der Waals surface area contributed by atoms with Gasteiger partial charge in [-0.1, -0.05) is 41.9 Å². The highest BCUT2D eigenvalue weighted by atomic mass is 35.5. The molecule has 0 aliphatic carbocycles. The summed E-state index contributed by atoms with van der Waals surface area (Å²) in [7, 11) is 1.59. The number of hydrogen-bond donors (Lipinski definition) is 2. The highest BCUT2D eigenvalue weighted by molar-refractivity contribution is 6.31. The van der Waals surface area contributed by atoms with E-state index in [1.807, 2.05) is 18.2 Å². The molecule has 0 saturated heterocycles. The number of carbonyl (C=O) groups is 1. The molecule has 122 valence electrons. The maximum atomic E-state index is 12.1. The van der Waals surface area contributed by atoms with Crippen molar-refractivity contribution in [2.75, 3.05) is 7.11 Å². The summed E-state index contributed by atoms with van der Waals surface area (Å²) in [6, 6.07) is 13.9. The molecule has 0 bridgehead atoms. The lowest BCUT2D eigenvalue weighted by Crippen LogP contribution is -2.38. The minimum atomic E-state index is -0.795. The molecule has 4 nitrogen and oxygen atoms in total. The number of carbonyl (C=O) groups excluding carboxylic acids is 1. The number of nitrogens with one attached hydrogen (secondary N) is 1. The van der Waals surface area contributed by atoms with Gasteiger partial charge in [-0.05, 0) is 36.2 Å². The zero-order valence-corrected chi connectivity index (χ0v) is 13.9. The summed E-state index contributed by atoms with van der Waals surface area (Å²) in [5.41, 5.74) is 1.48. The summed E-state index contributed by atoms with van der Waals surface area (Å²) in [6.45, 7) is 1.76. The maximum Gasteiger partial charge on any atom is 0.224 e. The number of benzene rings is 2. The number of hydrogen-bond acceptors (Lipinski definition) is 3. The lowest BCUT2D eigenvalue weighted by atomic mass is 10.0. The Morgan fingerprint density at radius 3 is 2.48 bits per heavy atom. The van der Waals surface area contributed by atoms with Gasteiger partial charge in [-0.25, -0.2) is 0 Å². The quantitative estimate of drug-likeness (QED) is 0.854. The highest BCUT2D eigenvalue weighted by Crippen LogP contribution is 2.20. The van der Waals surface area contributed by atoms with Crippen LogP contribution in [0.2, 0.25) is 5.02 Å². The molecular formula is C18H20ClNO3. The predicted octanol–water partition coefficient (Wildman–Crippen LogP) is 3.13. The third kappa shape index (κ3) is 4.71. The standard InChI is InChI=1S/C18H20ClNO3/c1-12(18(22)13-7-9-15(23-2)10-8-13)20-17(21)11-14-5-3-4-6-16(14)19/h3-10,12,18,22H,11H2,1-2H3,(H,20,21). The second-order valence-electron chi connectivity index (χ2n) is 5.34. The van der Waals surface area contributed by atoms with E-state index in [4.69, 9.17) is 16.3 Å². The third-order valence-electron chi connectivity index (χ3n) is 3.63. The second-order valence-corrected chi connectivity index (χ2v) is 5.75. The Hall–Kier alpha value is -2.04. The van der Waals surface area contributed by atoms with Crippen molar-refractivity contribution in [2.24, 2.45) is 0 Å². The third-order valence-corrected chi connectivity index (χ3v) is 4.00. The van der Waals surface area contributed by atoms with E-state index in [1.165, 1.54) is 0 Å². The molecule has 0 heterocycles. The van der Waals surface area contributed by atoms with Gasteiger partial charge in [0, 0.05) is 5.02 Å². The highest BCUT2D eigenvalue weighted by Gasteiger charge is 2.19. The molecule has 0 spiro atoms. The average Bonchev–Trinajstić information content (AvgIpc) is 2.56. The molecule has 0 aliphatic rings. The van der Waals surface area contributed by atoms with Crippen molar-refractivity contribution in [1.29, 1.82) is 0 Å². The first kappa shape index (κ1) is 17.3. The van der Waals surface area contributed by atoms with E-state index in [2.05, 4.69) is 5.32 Å². The van der Waals surface area contributed by atoms with Crippen molar-refractivity contribution in [2.45, 2.75) is 25.5 Å². The summed E-state index contributed by atoms with van der Waals surface area (Å²) in [5.74, 6) is 0.537. The summed E-state index contributed by atoms with van der Waals surface area (Å²) < 4.78 is 5.09. The number of aliphatic hydroxyl groups excluding tert-OH is 1. The van der Waals surface area contributed by atoms with E-state index in [0.717, 1.165) is 16.9 Å². The largest absolute Gasteiger partial charge is 0.497 e. The molecule has 2 rings (SSSR count). The van der Waals surface area contributed by atoms with E-state index in [-0.39, 0.29) is 12.3 Å². The van der Waals surface area contributed by atoms with Crippen LogP contribution in [0.25, 0.3) is 0 Å². The normalized spacial score (nSPS) is 13.2. The Labute approximate surface area is 141 Å². The van der Waals surface area contributed by atoms with Crippen molar-refractivity contribution in [1.82, 2.24) is 5.32 Å². The fourth-order valence-electron chi connectivity index (χ4n) is 2.29. The summed E-state index contributed by atoms with van der Waals surface area (Å²) in [4.78, 5) is 12.1. The van der Waals surface area contributed by atoms with Crippen LogP contribution in [0.1, 0.15) is 24.2 Å². The molecule has 0 saturated carbocycles. The molecule has 0 fully saturated rings. The fourth-order valence-corrected chi connectivity index (χ4v) is 2.49. The van der Waals surface area contributed by atoms with E-state index >= 15 is 0 Å². The van der Waals surface area contributed by atoms with Gasteiger partial charge < -0.3 is 15.2 Å². The van der Waals surface area contributed by atoms with Crippen molar-refractivity contribution >= 4 is 17.5 Å². The lowest BCUT2D eigenvalue weighted by Gasteiger charge is -2.21. The van der Waals surface area contributed by atoms with Crippen LogP contribution in [0.15, 0.2) is 48.5 Å². The number of amides is 1. The molecule has 0 aliphatic heterocycles. The number of methoxy groups -OCH3 is 1. The van der Waals surface area contributed by atoms with Crippen LogP contribution in [-0.4, -0.2) is 24.2 Å². The van der Waals surface area contributed by atoms with Gasteiger partial charge in [0.25, 0.3) is 0 Å². The Morgan fingerprint density at radius 1 is 1.22 bits per heavy atom. The monoisotopic (exact) mass is 333 g/mol. The smallest absolute Gasteiger partial charge is 0.224 e. The van der Waals surface area contributed by atoms with Crippen LogP contribution in [0, 0.1) is 0 Å². The first-order chi connectivity index (χ1) is 11.0. The Morgan fingerprint density at radius 2 is 1.87 bits per heavy atom. The molecular weight excluding hydrogens is 314 g/mol. The zero-order chi connectivity index (χ0) is 16.8. The minimum absolute atomic E-state index is 0.180. The molecule has 0 aromatic heterocycles. The van der Waals surface area contributed by atoms with Crippen molar-refractivity contribution in [3.05, 3.63) is 64.7 Å². The number of rotatable bonds is 6. The molecule has 2 aromatic rings. The van der Waals surface area contributed by atoms with Gasteiger partial charge in [-0.2, -0.15) is 0 Å². The van der Waals surface area contributed by atoms with Gasteiger partial charge in [0.05, 0.1) is 25.7 Å². The van der Waals surface area contributed by atoms with Crippen LogP contribution < -0.4 is 10.1 Å². The van der Waals surface area contributed by atoms with Crippen LogP contribution in [-0.2, 0) is 11.2 Å². The number of ether oxygens (including phenoxy) is 1. The van der Waals surface area contributed by atoms with Gasteiger partial charge in [0.1, 0.15) is 5.75 Å². The molecule has 2 atom stereocenters. The molecule has 2 aromatic carbocycles. The van der Waals surface area contributed by atoms with Gasteiger partial charge >= 0.3 is 0 Å². The zero-order valence-electron chi connectivity index (χ0n) is 13.1. The van der Waals surface area contributed by atoms with E-state index in [9.17, 15) is 9.90 Å². The molecule has 0 radical (unpaired) electrons. The van der Waals surface area contributed by atoms with Gasteiger partial charge in [0.15, 0.2) is 0 Å². The van der Waals surface area contributed by atoms with Crippen LogP contribution >= 0.6 is 11.6 Å². The number of aliphatic hydroxyl groups is 1. The van der Waals surface area contributed by atoms with Gasteiger partial charge in [0.2, 0.25) is 5.91 Å². The average molecular weight is 334 g/mol. The molecule has 5 heteroatoms. The first-order valence-electron chi connectivity index (χ1n) is 7.36. The van der Waals surface area contributed by atoms with E-state index in [1.54, 1.807) is 44.4 Å². The van der Waals surface area contributed by atoms with E-state index < -0.39 is 12.1 Å². The van der Waals surface area contributed by atoms with Crippen molar-refractivity contribution in [3.8, 4) is 5.75 Å². The van der Waals surface area contributed by atoms with Crippen LogP contribution in [0.5, 0.6) is 5.75 Å². The Balaban J connectivity index is 1.95. The topological polar surface area (TPSA) is 58.6 Å². The maximum absolute atomic E-state index is 12.1. The van der Waals surface area contributed by atoms with Crippen molar-refractivity contribution in [3.63, 3.8) is 0 Å². The Kier molecular flexibility index (Phi) is 6.02. The SMILES string of the molecule is COc1ccc(C(O)C(C)NC(=O)Cc2ccccc2Cl)cc1. The van der Waals surface area contributed by atoms with Gasteiger partial charge in [-0.3, -0.25) is 4.79 Å². The molecule has 1 amide bonds.